The molecule has 0 unspecified atom stereocenters. The Morgan fingerprint density at radius 3 is 2.55 bits per heavy atom. The third-order valence-electron chi connectivity index (χ3n) is 1.93. The highest BCUT2D eigenvalue weighted by Crippen LogP contribution is 2.23. The maximum Gasteiger partial charge on any atom is 0.167 e. The van der Waals surface area contributed by atoms with Gasteiger partial charge >= 0.3 is 0 Å². The molecule has 0 saturated carbocycles. The monoisotopic (exact) mass is 154 g/mol. The van der Waals surface area contributed by atoms with Crippen LogP contribution in [0, 0.1) is 0 Å². The molecule has 0 aromatic carbocycles. The highest BCUT2D eigenvalue weighted by Gasteiger charge is 2.11. The quantitative estimate of drug-likeness (QED) is 0.725. The lowest BCUT2D eigenvalue weighted by atomic mass is 10.0. The van der Waals surface area contributed by atoms with Gasteiger partial charge in [-0.2, -0.15) is 0 Å². The molecule has 0 aliphatic carbocycles. The molecule has 1 aromatic heterocycles. The lowest BCUT2D eigenvalue weighted by molar-refractivity contribution is 0.355. The Hall–Kier alpha value is -0.990. The number of aromatic nitrogens is 1. The Morgan fingerprint density at radius 1 is 1.55 bits per heavy atom. The lowest BCUT2D eigenvalue weighted by Gasteiger charge is -2.05. The molecule has 0 saturated heterocycles. The van der Waals surface area contributed by atoms with Crippen LogP contribution < -0.4 is 5.73 Å². The first-order chi connectivity index (χ1) is 5.27. The third-order valence-corrected chi connectivity index (χ3v) is 1.93. The number of nitrogens with two attached hydrogens (primary N) is 1. The van der Waals surface area contributed by atoms with Crippen molar-refractivity contribution in [1.29, 1.82) is 0 Å². The summed E-state index contributed by atoms with van der Waals surface area (Å²) in [5.41, 5.74) is 5.42. The number of nitrogen functional groups attached to an aromatic ring is 1. The van der Waals surface area contributed by atoms with Gasteiger partial charge in [0, 0.05) is 12.0 Å². The predicted molar refractivity (Wildman–Crippen MR) is 44.2 cm³/mol. The van der Waals surface area contributed by atoms with Gasteiger partial charge in [-0.15, -0.1) is 0 Å². The van der Waals surface area contributed by atoms with E-state index in [9.17, 15) is 0 Å². The van der Waals surface area contributed by atoms with Crippen molar-refractivity contribution in [2.75, 3.05) is 5.73 Å². The zero-order valence-electron chi connectivity index (χ0n) is 7.00. The number of anilines is 1. The van der Waals surface area contributed by atoms with E-state index in [-0.39, 0.29) is 0 Å². The number of hydrogen-bond donors (Lipinski definition) is 1. The minimum atomic E-state index is 0.472. The standard InChI is InChI=1S/C8H14N2O/c1-3-6(4-2)7-5-8(9)10-11-7/h5-6H,3-4H2,1-2H3,(H2,9,10). The van der Waals surface area contributed by atoms with Gasteiger partial charge in [-0.1, -0.05) is 19.0 Å². The molecule has 0 atom stereocenters. The molecule has 0 fully saturated rings. The van der Waals surface area contributed by atoms with Crippen molar-refractivity contribution < 1.29 is 4.52 Å². The van der Waals surface area contributed by atoms with Crippen LogP contribution in [0.15, 0.2) is 10.6 Å². The summed E-state index contributed by atoms with van der Waals surface area (Å²) in [5.74, 6) is 1.86. The van der Waals surface area contributed by atoms with E-state index in [0.717, 1.165) is 18.6 Å². The summed E-state index contributed by atoms with van der Waals surface area (Å²) in [4.78, 5) is 0. The van der Waals surface area contributed by atoms with Crippen LogP contribution in [0.2, 0.25) is 0 Å². The first-order valence-electron chi connectivity index (χ1n) is 4.00. The molecule has 0 aliphatic rings. The minimum Gasteiger partial charge on any atom is -0.381 e. The smallest absolute Gasteiger partial charge is 0.167 e. The summed E-state index contributed by atoms with van der Waals surface area (Å²) in [7, 11) is 0. The van der Waals surface area contributed by atoms with Crippen molar-refractivity contribution >= 4 is 5.82 Å². The molecule has 1 rings (SSSR count). The summed E-state index contributed by atoms with van der Waals surface area (Å²) in [6.45, 7) is 4.26. The summed E-state index contributed by atoms with van der Waals surface area (Å²) in [5, 5.41) is 3.64. The number of nitrogens with zero attached hydrogens (tertiary/aromatic N) is 1. The Labute approximate surface area is 66.6 Å². The molecular formula is C8H14N2O. The molecule has 11 heavy (non-hydrogen) atoms. The predicted octanol–water partition coefficient (Wildman–Crippen LogP) is 2.16. The van der Waals surface area contributed by atoms with Gasteiger partial charge in [0.1, 0.15) is 5.76 Å². The van der Waals surface area contributed by atoms with Crippen LogP contribution >= 0.6 is 0 Å². The summed E-state index contributed by atoms with van der Waals surface area (Å²) >= 11 is 0. The SMILES string of the molecule is CCC(CC)c1cc(N)no1. The highest BCUT2D eigenvalue weighted by molar-refractivity contribution is 5.27. The average Bonchev–Trinajstić information content (AvgIpc) is 2.39. The lowest BCUT2D eigenvalue weighted by Crippen LogP contribution is -1.92. The van der Waals surface area contributed by atoms with Crippen molar-refractivity contribution in [2.45, 2.75) is 32.6 Å². The first kappa shape index (κ1) is 8.11. The van der Waals surface area contributed by atoms with Crippen LogP contribution in [-0.4, -0.2) is 5.16 Å². The molecule has 1 heterocycles. The van der Waals surface area contributed by atoms with Crippen LogP contribution in [0.5, 0.6) is 0 Å². The molecule has 62 valence electrons. The van der Waals surface area contributed by atoms with Crippen molar-refractivity contribution in [1.82, 2.24) is 5.16 Å². The van der Waals surface area contributed by atoms with Crippen molar-refractivity contribution in [3.05, 3.63) is 11.8 Å². The van der Waals surface area contributed by atoms with Crippen molar-refractivity contribution in [2.24, 2.45) is 0 Å². The van der Waals surface area contributed by atoms with Gasteiger partial charge in [-0.3, -0.25) is 0 Å². The van der Waals surface area contributed by atoms with E-state index in [4.69, 9.17) is 10.3 Å². The van der Waals surface area contributed by atoms with E-state index in [1.165, 1.54) is 0 Å². The minimum absolute atomic E-state index is 0.472. The van der Waals surface area contributed by atoms with Gasteiger partial charge in [-0.05, 0) is 12.8 Å². The Balaban J connectivity index is 2.73. The van der Waals surface area contributed by atoms with E-state index >= 15 is 0 Å². The largest absolute Gasteiger partial charge is 0.381 e. The fraction of sp³-hybridized carbons (Fsp3) is 0.625. The molecule has 0 amide bonds. The number of hydrogen-bond acceptors (Lipinski definition) is 3. The first-order valence-corrected chi connectivity index (χ1v) is 4.00. The van der Waals surface area contributed by atoms with Gasteiger partial charge < -0.3 is 10.3 Å². The van der Waals surface area contributed by atoms with Gasteiger partial charge in [0.05, 0.1) is 0 Å². The van der Waals surface area contributed by atoms with Gasteiger partial charge in [0.2, 0.25) is 0 Å². The molecule has 0 bridgehead atoms. The second-order valence-corrected chi connectivity index (χ2v) is 2.67. The van der Waals surface area contributed by atoms with Crippen molar-refractivity contribution in [3.63, 3.8) is 0 Å². The molecule has 2 N–H and O–H groups in total. The Morgan fingerprint density at radius 2 is 2.18 bits per heavy atom. The normalized spacial score (nSPS) is 10.8. The van der Waals surface area contributed by atoms with Crippen molar-refractivity contribution in [3.8, 4) is 0 Å². The number of rotatable bonds is 3. The Bertz CT molecular complexity index is 216. The fourth-order valence-corrected chi connectivity index (χ4v) is 1.19. The van der Waals surface area contributed by atoms with Crippen LogP contribution in [0.25, 0.3) is 0 Å². The zero-order chi connectivity index (χ0) is 8.27. The summed E-state index contributed by atoms with van der Waals surface area (Å²) in [6, 6.07) is 1.80. The third kappa shape index (κ3) is 1.73. The summed E-state index contributed by atoms with van der Waals surface area (Å²) < 4.78 is 5.03. The van der Waals surface area contributed by atoms with E-state index in [0.29, 0.717) is 11.7 Å². The van der Waals surface area contributed by atoms with E-state index < -0.39 is 0 Å². The van der Waals surface area contributed by atoms with Gasteiger partial charge in [0.15, 0.2) is 5.82 Å². The molecule has 0 radical (unpaired) electrons. The van der Waals surface area contributed by atoms with Gasteiger partial charge in [0.25, 0.3) is 0 Å². The van der Waals surface area contributed by atoms with E-state index in [1.807, 2.05) is 0 Å². The molecule has 0 aliphatic heterocycles. The zero-order valence-corrected chi connectivity index (χ0v) is 7.00. The Kier molecular flexibility index (Phi) is 2.52. The van der Waals surface area contributed by atoms with Gasteiger partial charge in [-0.25, -0.2) is 0 Å². The van der Waals surface area contributed by atoms with Crippen LogP contribution in [0.4, 0.5) is 5.82 Å². The maximum atomic E-state index is 5.42. The second-order valence-electron chi connectivity index (χ2n) is 2.67. The molecule has 3 heteroatoms. The second kappa shape index (κ2) is 3.42. The average molecular weight is 154 g/mol. The molecular weight excluding hydrogens is 140 g/mol. The topological polar surface area (TPSA) is 52.0 Å². The molecule has 3 nitrogen and oxygen atoms in total. The fourth-order valence-electron chi connectivity index (χ4n) is 1.19. The van der Waals surface area contributed by atoms with Crippen LogP contribution in [-0.2, 0) is 0 Å². The van der Waals surface area contributed by atoms with E-state index in [1.54, 1.807) is 6.07 Å². The maximum absolute atomic E-state index is 5.42. The molecule has 0 spiro atoms. The molecule has 1 aromatic rings. The van der Waals surface area contributed by atoms with Crippen LogP contribution in [0.3, 0.4) is 0 Å². The van der Waals surface area contributed by atoms with E-state index in [2.05, 4.69) is 19.0 Å². The highest BCUT2D eigenvalue weighted by atomic mass is 16.5. The van der Waals surface area contributed by atoms with Crippen LogP contribution in [0.1, 0.15) is 38.4 Å². The summed E-state index contributed by atoms with van der Waals surface area (Å²) in [6.07, 6.45) is 2.15.